The molecule has 2 aromatic rings. The minimum absolute atomic E-state index is 0.202. The van der Waals surface area contributed by atoms with Crippen LogP contribution in [-0.2, 0) is 14.8 Å². The molecular formula is C14H21N3O3S. The molecule has 0 atom stereocenters. The monoisotopic (exact) mass is 311 g/mol. The molecule has 1 heterocycles. The topological polar surface area (TPSA) is 97.2 Å². The van der Waals surface area contributed by atoms with Gasteiger partial charge in [0.25, 0.3) is 0 Å². The highest BCUT2D eigenvalue weighted by Gasteiger charge is 2.18. The number of fused-ring (bicyclic) bond motifs is 1. The van der Waals surface area contributed by atoms with E-state index in [0.29, 0.717) is 30.2 Å². The third-order valence-corrected chi connectivity index (χ3v) is 4.45. The Kier molecular flexibility index (Phi) is 4.87. The summed E-state index contributed by atoms with van der Waals surface area (Å²) in [7, 11) is -3.58. The van der Waals surface area contributed by atoms with E-state index in [-0.39, 0.29) is 11.4 Å². The number of nitrogens with one attached hydrogen (secondary N) is 2. The molecular weight excluding hydrogens is 290 g/mol. The third-order valence-electron chi connectivity index (χ3n) is 2.95. The predicted molar refractivity (Wildman–Crippen MR) is 83.6 cm³/mol. The zero-order chi connectivity index (χ0) is 15.5. The van der Waals surface area contributed by atoms with Crippen molar-refractivity contribution in [2.75, 3.05) is 25.5 Å². The van der Waals surface area contributed by atoms with E-state index in [1.807, 2.05) is 13.8 Å². The van der Waals surface area contributed by atoms with Crippen LogP contribution >= 0.6 is 0 Å². The molecule has 0 spiro atoms. The quantitative estimate of drug-likeness (QED) is 0.535. The lowest BCUT2D eigenvalue weighted by molar-refractivity contribution is 0.114. The summed E-state index contributed by atoms with van der Waals surface area (Å²) in [5, 5.41) is 0.589. The van der Waals surface area contributed by atoms with Crippen molar-refractivity contribution in [3.05, 3.63) is 24.4 Å². The van der Waals surface area contributed by atoms with Gasteiger partial charge in [-0.25, -0.2) is 13.1 Å². The van der Waals surface area contributed by atoms with E-state index in [0.717, 1.165) is 5.52 Å². The molecule has 0 bridgehead atoms. The number of aromatic amines is 1. The van der Waals surface area contributed by atoms with Crippen molar-refractivity contribution in [3.8, 4) is 0 Å². The van der Waals surface area contributed by atoms with Crippen LogP contribution in [0.25, 0.3) is 10.9 Å². The van der Waals surface area contributed by atoms with Gasteiger partial charge in [0, 0.05) is 35.9 Å². The van der Waals surface area contributed by atoms with Crippen LogP contribution in [0.3, 0.4) is 0 Å². The molecule has 0 saturated carbocycles. The van der Waals surface area contributed by atoms with Crippen LogP contribution in [0.2, 0.25) is 0 Å². The van der Waals surface area contributed by atoms with Crippen LogP contribution in [0.15, 0.2) is 29.3 Å². The number of rotatable bonds is 7. The van der Waals surface area contributed by atoms with Crippen LogP contribution in [-0.4, -0.2) is 33.2 Å². The Balaban J connectivity index is 2.06. The first-order valence-corrected chi connectivity index (χ1v) is 8.32. The van der Waals surface area contributed by atoms with E-state index >= 15 is 0 Å². The van der Waals surface area contributed by atoms with Crippen molar-refractivity contribution >= 4 is 26.6 Å². The highest BCUT2D eigenvalue weighted by molar-refractivity contribution is 7.89. The van der Waals surface area contributed by atoms with Crippen molar-refractivity contribution in [1.29, 1.82) is 0 Å². The largest absolute Gasteiger partial charge is 0.399 e. The number of nitrogen functional groups attached to an aromatic ring is 1. The number of sulfonamides is 1. The highest BCUT2D eigenvalue weighted by atomic mass is 32.2. The fourth-order valence-electron chi connectivity index (χ4n) is 1.98. The molecule has 6 nitrogen and oxygen atoms in total. The molecule has 0 aliphatic rings. The average Bonchev–Trinajstić information content (AvgIpc) is 2.81. The lowest BCUT2D eigenvalue weighted by Gasteiger charge is -2.08. The molecule has 1 aromatic carbocycles. The van der Waals surface area contributed by atoms with Crippen molar-refractivity contribution in [1.82, 2.24) is 9.71 Å². The molecule has 0 radical (unpaired) electrons. The highest BCUT2D eigenvalue weighted by Crippen LogP contribution is 2.24. The second-order valence-corrected chi connectivity index (χ2v) is 7.06. The van der Waals surface area contributed by atoms with Gasteiger partial charge in [-0.05, 0) is 24.1 Å². The summed E-state index contributed by atoms with van der Waals surface area (Å²) in [4.78, 5) is 3.13. The van der Waals surface area contributed by atoms with E-state index in [1.54, 1.807) is 18.2 Å². The first-order chi connectivity index (χ1) is 9.90. The summed E-state index contributed by atoms with van der Waals surface area (Å²) >= 11 is 0. The molecule has 0 unspecified atom stereocenters. The molecule has 2 rings (SSSR count). The fourth-order valence-corrected chi connectivity index (χ4v) is 3.16. The Bertz CT molecular complexity index is 707. The van der Waals surface area contributed by atoms with Gasteiger partial charge in [0.15, 0.2) is 0 Å². The number of H-pyrrole nitrogens is 1. The Labute approximate surface area is 124 Å². The zero-order valence-electron chi connectivity index (χ0n) is 12.2. The van der Waals surface area contributed by atoms with Crippen molar-refractivity contribution in [2.24, 2.45) is 5.92 Å². The lowest BCUT2D eigenvalue weighted by atomic mass is 10.2. The summed E-state index contributed by atoms with van der Waals surface area (Å²) in [5.41, 5.74) is 6.98. The SMILES string of the molecule is CC(C)COCCNS(=O)(=O)c1c[nH]c2ccc(N)cc12. The summed E-state index contributed by atoms with van der Waals surface area (Å²) < 4.78 is 32.5. The zero-order valence-corrected chi connectivity index (χ0v) is 13.0. The lowest BCUT2D eigenvalue weighted by Crippen LogP contribution is -2.27. The standard InChI is InChI=1S/C14H21N3O3S/c1-10(2)9-20-6-5-17-21(18,19)14-8-16-13-4-3-11(15)7-12(13)14/h3-4,7-8,10,16-17H,5-6,9,15H2,1-2H3. The normalized spacial score (nSPS) is 12.3. The molecule has 0 fully saturated rings. The van der Waals surface area contributed by atoms with E-state index in [9.17, 15) is 8.42 Å². The van der Waals surface area contributed by atoms with Gasteiger partial charge >= 0.3 is 0 Å². The van der Waals surface area contributed by atoms with Crippen molar-refractivity contribution in [3.63, 3.8) is 0 Å². The van der Waals surface area contributed by atoms with E-state index in [4.69, 9.17) is 10.5 Å². The average molecular weight is 311 g/mol. The number of hydrogen-bond acceptors (Lipinski definition) is 4. The van der Waals surface area contributed by atoms with Crippen LogP contribution < -0.4 is 10.5 Å². The van der Waals surface area contributed by atoms with Crippen molar-refractivity contribution < 1.29 is 13.2 Å². The minimum atomic E-state index is -3.58. The molecule has 21 heavy (non-hydrogen) atoms. The second-order valence-electron chi connectivity index (χ2n) is 5.32. The number of aromatic nitrogens is 1. The molecule has 0 saturated heterocycles. The first kappa shape index (κ1) is 15.8. The summed E-state index contributed by atoms with van der Waals surface area (Å²) in [6, 6.07) is 5.13. The van der Waals surface area contributed by atoms with Gasteiger partial charge < -0.3 is 15.5 Å². The van der Waals surface area contributed by atoms with E-state index < -0.39 is 10.0 Å². The fraction of sp³-hybridized carbons (Fsp3) is 0.429. The summed E-state index contributed by atoms with van der Waals surface area (Å²) in [6.45, 7) is 5.29. The Morgan fingerprint density at radius 1 is 1.38 bits per heavy atom. The third kappa shape index (κ3) is 3.96. The Morgan fingerprint density at radius 3 is 2.86 bits per heavy atom. The Hall–Kier alpha value is -1.57. The van der Waals surface area contributed by atoms with Crippen LogP contribution in [0, 0.1) is 5.92 Å². The second kappa shape index (κ2) is 6.46. The number of nitrogens with two attached hydrogens (primary N) is 1. The van der Waals surface area contributed by atoms with Gasteiger partial charge in [-0.1, -0.05) is 13.8 Å². The summed E-state index contributed by atoms with van der Waals surface area (Å²) in [5.74, 6) is 0.429. The maximum absolute atomic E-state index is 12.3. The molecule has 1 aromatic heterocycles. The molecule has 7 heteroatoms. The molecule has 0 amide bonds. The van der Waals surface area contributed by atoms with Gasteiger partial charge in [0.2, 0.25) is 10.0 Å². The number of hydrogen-bond donors (Lipinski definition) is 3. The molecule has 0 aliphatic heterocycles. The summed E-state index contributed by atoms with van der Waals surface area (Å²) in [6.07, 6.45) is 1.47. The predicted octanol–water partition coefficient (Wildman–Crippen LogP) is 1.70. The number of ether oxygens (including phenoxy) is 1. The van der Waals surface area contributed by atoms with Gasteiger partial charge in [-0.15, -0.1) is 0 Å². The van der Waals surface area contributed by atoms with E-state index in [2.05, 4.69) is 9.71 Å². The van der Waals surface area contributed by atoms with Gasteiger partial charge in [-0.3, -0.25) is 0 Å². The van der Waals surface area contributed by atoms with Crippen LogP contribution in [0.4, 0.5) is 5.69 Å². The van der Waals surface area contributed by atoms with Crippen LogP contribution in [0.5, 0.6) is 0 Å². The smallest absolute Gasteiger partial charge is 0.242 e. The molecule has 116 valence electrons. The number of benzene rings is 1. The van der Waals surface area contributed by atoms with Gasteiger partial charge in [-0.2, -0.15) is 0 Å². The van der Waals surface area contributed by atoms with Gasteiger partial charge in [0.1, 0.15) is 4.90 Å². The molecule has 4 N–H and O–H groups in total. The van der Waals surface area contributed by atoms with Crippen LogP contribution in [0.1, 0.15) is 13.8 Å². The Morgan fingerprint density at radius 2 is 2.14 bits per heavy atom. The maximum atomic E-state index is 12.3. The number of anilines is 1. The minimum Gasteiger partial charge on any atom is -0.399 e. The van der Waals surface area contributed by atoms with Crippen molar-refractivity contribution in [2.45, 2.75) is 18.7 Å². The van der Waals surface area contributed by atoms with Gasteiger partial charge in [0.05, 0.1) is 6.61 Å². The first-order valence-electron chi connectivity index (χ1n) is 6.84. The maximum Gasteiger partial charge on any atom is 0.242 e. The molecule has 0 aliphatic carbocycles. The van der Waals surface area contributed by atoms with E-state index in [1.165, 1.54) is 6.20 Å².